The van der Waals surface area contributed by atoms with Crippen LogP contribution in [0, 0.1) is 23.3 Å². The first kappa shape index (κ1) is 34.1. The van der Waals surface area contributed by atoms with E-state index in [2.05, 4.69) is 10.1 Å². The second kappa shape index (κ2) is 13.1. The maximum atomic E-state index is 14.0. The number of pyridine rings is 1. The van der Waals surface area contributed by atoms with Gasteiger partial charge in [-0.2, -0.15) is 22.0 Å². The van der Waals surface area contributed by atoms with Gasteiger partial charge in [-0.15, -0.1) is 0 Å². The molecule has 1 heterocycles. The predicted molar refractivity (Wildman–Crippen MR) is 142 cm³/mol. The number of carbonyl (C=O) groups is 3. The number of Topliss-reactive ketones (excluding diaryl/α,β-unsaturated/α-hetero) is 1. The van der Waals surface area contributed by atoms with Crippen molar-refractivity contribution in [1.29, 1.82) is 0 Å². The third kappa shape index (κ3) is 7.94. The third-order valence-corrected chi connectivity index (χ3v) is 6.21. The predicted octanol–water partition coefficient (Wildman–Crippen LogP) is 5.39. The lowest BCUT2D eigenvalue weighted by Crippen LogP contribution is -2.48. The molecule has 0 radical (unpaired) electrons. The number of carbonyl (C=O) groups excluding carboxylic acids is 3. The molecule has 3 aromatic rings. The van der Waals surface area contributed by atoms with Crippen LogP contribution in [0.1, 0.15) is 52.1 Å². The third-order valence-electron chi connectivity index (χ3n) is 6.21. The SMILES string of the molecule is CCC(C(=O)NC(CC(=O)OC(C)(C)C)C(=O)COc1c(F)c(F)cc(F)c1F)n1ccc2ccc(C(F)(F)F)cc2c1=O. The molecule has 0 saturated carbocycles. The zero-order chi connectivity index (χ0) is 33.1. The summed E-state index contributed by atoms with van der Waals surface area (Å²) in [5.74, 6) is -12.2. The highest BCUT2D eigenvalue weighted by Gasteiger charge is 2.33. The number of amides is 1. The zero-order valence-electron chi connectivity index (χ0n) is 23.8. The number of ether oxygens (including phenoxy) is 2. The maximum absolute atomic E-state index is 14.0. The number of nitrogens with one attached hydrogen (secondary N) is 1. The molecule has 2 aromatic carbocycles. The van der Waals surface area contributed by atoms with Gasteiger partial charge in [0, 0.05) is 17.6 Å². The Morgan fingerprint density at radius 3 is 2.11 bits per heavy atom. The molecule has 44 heavy (non-hydrogen) atoms. The number of aromatic nitrogens is 1. The summed E-state index contributed by atoms with van der Waals surface area (Å²) in [5.41, 5.74) is -3.07. The largest absolute Gasteiger partial charge is 0.479 e. The molecule has 1 amide bonds. The minimum atomic E-state index is -4.75. The number of hydrogen-bond acceptors (Lipinski definition) is 6. The van der Waals surface area contributed by atoms with Gasteiger partial charge in [-0.05, 0) is 50.8 Å². The summed E-state index contributed by atoms with van der Waals surface area (Å²) in [5, 5.41) is 2.06. The summed E-state index contributed by atoms with van der Waals surface area (Å²) >= 11 is 0. The summed E-state index contributed by atoms with van der Waals surface area (Å²) < 4.78 is 106. The minimum absolute atomic E-state index is 0.0750. The fraction of sp³-hybridized carbons (Fsp3) is 0.379. The Labute approximate surface area is 245 Å². The van der Waals surface area contributed by atoms with Gasteiger partial charge in [0.2, 0.25) is 17.5 Å². The van der Waals surface area contributed by atoms with Crippen molar-refractivity contribution in [3.63, 3.8) is 0 Å². The maximum Gasteiger partial charge on any atom is 0.416 e. The first-order valence-electron chi connectivity index (χ1n) is 13.1. The van der Waals surface area contributed by atoms with Gasteiger partial charge in [-0.3, -0.25) is 19.2 Å². The van der Waals surface area contributed by atoms with E-state index in [0.717, 1.165) is 16.7 Å². The van der Waals surface area contributed by atoms with Crippen molar-refractivity contribution in [3.8, 4) is 5.75 Å². The normalized spacial score (nSPS) is 13.3. The molecule has 0 aliphatic rings. The van der Waals surface area contributed by atoms with Gasteiger partial charge in [-0.1, -0.05) is 13.0 Å². The van der Waals surface area contributed by atoms with E-state index in [-0.39, 0.29) is 23.3 Å². The Hall–Kier alpha value is -4.43. The molecule has 0 saturated heterocycles. The van der Waals surface area contributed by atoms with Crippen LogP contribution in [0.15, 0.2) is 41.3 Å². The highest BCUT2D eigenvalue weighted by atomic mass is 19.4. The Morgan fingerprint density at radius 1 is 0.955 bits per heavy atom. The number of fused-ring (bicyclic) bond motifs is 1. The first-order chi connectivity index (χ1) is 20.3. The highest BCUT2D eigenvalue weighted by Crippen LogP contribution is 2.31. The van der Waals surface area contributed by atoms with E-state index < -0.39 is 94.7 Å². The second-order valence-electron chi connectivity index (χ2n) is 10.7. The molecular formula is C29H27F7N2O6. The number of rotatable bonds is 10. The zero-order valence-corrected chi connectivity index (χ0v) is 23.8. The van der Waals surface area contributed by atoms with Crippen LogP contribution in [0.25, 0.3) is 10.8 Å². The highest BCUT2D eigenvalue weighted by molar-refractivity contribution is 5.94. The topological polar surface area (TPSA) is 104 Å². The molecule has 0 aliphatic carbocycles. The van der Waals surface area contributed by atoms with E-state index in [9.17, 15) is 49.9 Å². The van der Waals surface area contributed by atoms with Crippen LogP contribution < -0.4 is 15.6 Å². The number of benzene rings is 2. The van der Waals surface area contributed by atoms with Crippen molar-refractivity contribution < 1.29 is 54.6 Å². The summed E-state index contributed by atoms with van der Waals surface area (Å²) in [7, 11) is 0. The van der Waals surface area contributed by atoms with Gasteiger partial charge in [0.25, 0.3) is 5.56 Å². The molecule has 0 spiro atoms. The molecular weight excluding hydrogens is 605 g/mol. The fourth-order valence-electron chi connectivity index (χ4n) is 4.17. The van der Waals surface area contributed by atoms with Crippen LogP contribution in [0.5, 0.6) is 5.75 Å². The molecule has 0 fully saturated rings. The van der Waals surface area contributed by atoms with Crippen LogP contribution in [0.2, 0.25) is 0 Å². The van der Waals surface area contributed by atoms with Gasteiger partial charge < -0.3 is 19.4 Å². The number of alkyl halides is 3. The number of esters is 1. The number of halogens is 7. The van der Waals surface area contributed by atoms with E-state index >= 15 is 0 Å². The van der Waals surface area contributed by atoms with Crippen molar-refractivity contribution in [2.24, 2.45) is 0 Å². The Morgan fingerprint density at radius 2 is 1.57 bits per heavy atom. The van der Waals surface area contributed by atoms with Crippen molar-refractivity contribution >= 4 is 28.4 Å². The molecule has 2 unspecified atom stereocenters. The quantitative estimate of drug-likeness (QED) is 0.183. The number of hydrogen-bond donors (Lipinski definition) is 1. The monoisotopic (exact) mass is 632 g/mol. The van der Waals surface area contributed by atoms with Crippen LogP contribution in [0.4, 0.5) is 30.7 Å². The standard InChI is InChI=1S/C29H27F7N2O6/c1-5-20(38-9-8-14-6-7-15(29(34,35)36)10-16(14)27(38)42)26(41)37-19(12-22(40)44-28(2,3)4)21(39)13-43-25-23(32)17(30)11-18(31)24(25)33/h6-11,19-20H,5,12-13H2,1-4H3,(H,37,41). The molecule has 8 nitrogen and oxygen atoms in total. The minimum Gasteiger partial charge on any atom is -0.479 e. The van der Waals surface area contributed by atoms with Crippen molar-refractivity contribution in [2.75, 3.05) is 6.61 Å². The molecule has 1 N–H and O–H groups in total. The molecule has 0 aliphatic heterocycles. The van der Waals surface area contributed by atoms with Crippen LogP contribution in [-0.2, 0) is 25.3 Å². The fourth-order valence-corrected chi connectivity index (χ4v) is 4.17. The number of nitrogens with zero attached hydrogens (tertiary/aromatic N) is 1. The lowest BCUT2D eigenvalue weighted by molar-refractivity contribution is -0.156. The van der Waals surface area contributed by atoms with Gasteiger partial charge in [0.15, 0.2) is 23.2 Å². The van der Waals surface area contributed by atoms with E-state index in [1.807, 2.05) is 0 Å². The molecule has 1 aromatic heterocycles. The van der Waals surface area contributed by atoms with Crippen LogP contribution >= 0.6 is 0 Å². The van der Waals surface area contributed by atoms with E-state index in [0.29, 0.717) is 6.07 Å². The summed E-state index contributed by atoms with van der Waals surface area (Å²) in [6, 6.07) is 0.572. The van der Waals surface area contributed by atoms with Crippen molar-refractivity contribution in [2.45, 2.75) is 64.4 Å². The second-order valence-corrected chi connectivity index (χ2v) is 10.7. The molecule has 2 atom stereocenters. The first-order valence-corrected chi connectivity index (χ1v) is 13.1. The summed E-state index contributed by atoms with van der Waals surface area (Å²) in [4.78, 5) is 52.0. The average molecular weight is 633 g/mol. The van der Waals surface area contributed by atoms with Crippen molar-refractivity contribution in [1.82, 2.24) is 9.88 Å². The summed E-state index contributed by atoms with van der Waals surface area (Å²) in [6.07, 6.45) is -4.52. The van der Waals surface area contributed by atoms with Gasteiger partial charge in [0.05, 0.1) is 12.0 Å². The van der Waals surface area contributed by atoms with Crippen LogP contribution in [-0.4, -0.2) is 40.5 Å². The number of ketones is 1. The van der Waals surface area contributed by atoms with Crippen LogP contribution in [0.3, 0.4) is 0 Å². The Bertz CT molecular complexity index is 1620. The summed E-state index contributed by atoms with van der Waals surface area (Å²) in [6.45, 7) is 4.73. The van der Waals surface area contributed by atoms with E-state index in [4.69, 9.17) is 4.74 Å². The van der Waals surface area contributed by atoms with E-state index in [1.54, 1.807) is 0 Å². The van der Waals surface area contributed by atoms with Gasteiger partial charge >= 0.3 is 12.1 Å². The Kier molecular flexibility index (Phi) is 10.1. The Balaban J connectivity index is 1.93. The lowest BCUT2D eigenvalue weighted by atomic mass is 10.1. The smallest absolute Gasteiger partial charge is 0.416 e. The average Bonchev–Trinajstić information content (AvgIpc) is 2.91. The molecule has 15 heteroatoms. The van der Waals surface area contributed by atoms with Crippen molar-refractivity contribution in [3.05, 3.63) is 75.7 Å². The molecule has 238 valence electrons. The van der Waals surface area contributed by atoms with Gasteiger partial charge in [-0.25, -0.2) is 8.78 Å². The molecule has 3 rings (SSSR count). The van der Waals surface area contributed by atoms with Gasteiger partial charge in [0.1, 0.15) is 24.3 Å². The van der Waals surface area contributed by atoms with E-state index in [1.165, 1.54) is 40.0 Å². The lowest BCUT2D eigenvalue weighted by Gasteiger charge is -2.25. The molecule has 0 bridgehead atoms.